The van der Waals surface area contributed by atoms with Crippen molar-refractivity contribution in [2.75, 3.05) is 63.8 Å². The second kappa shape index (κ2) is 14.2. The van der Waals surface area contributed by atoms with Gasteiger partial charge in [-0.15, -0.1) is 0 Å². The van der Waals surface area contributed by atoms with Crippen molar-refractivity contribution in [3.05, 3.63) is 83.4 Å². The molecule has 46 heavy (non-hydrogen) atoms. The van der Waals surface area contributed by atoms with Crippen molar-refractivity contribution in [2.24, 2.45) is 5.92 Å². The maximum absolute atomic E-state index is 14.7. The average molecular weight is 632 g/mol. The van der Waals surface area contributed by atoms with Crippen LogP contribution in [-0.2, 0) is 0 Å². The maximum atomic E-state index is 14.7. The summed E-state index contributed by atoms with van der Waals surface area (Å²) in [4.78, 5) is 33.6. The molecular weight excluding hydrogens is 588 g/mol. The predicted octanol–water partition coefficient (Wildman–Crippen LogP) is 4.80. The van der Waals surface area contributed by atoms with E-state index in [1.807, 2.05) is 17.0 Å². The van der Waals surface area contributed by atoms with E-state index in [0.717, 1.165) is 56.8 Å². The Hall–Kier alpha value is -4.02. The third-order valence-electron chi connectivity index (χ3n) is 9.08. The molecule has 8 nitrogen and oxygen atoms in total. The Morgan fingerprint density at radius 1 is 0.848 bits per heavy atom. The number of benzene rings is 3. The molecule has 3 aliphatic rings. The van der Waals surface area contributed by atoms with Gasteiger partial charge >= 0.3 is 0 Å². The number of carbonyl (C=O) groups is 2. The molecule has 0 spiro atoms. The van der Waals surface area contributed by atoms with Gasteiger partial charge in [0.15, 0.2) is 0 Å². The van der Waals surface area contributed by atoms with Crippen LogP contribution in [0.3, 0.4) is 0 Å². The Bertz CT molecular complexity index is 1540. The monoisotopic (exact) mass is 631 g/mol. The highest BCUT2D eigenvalue weighted by molar-refractivity contribution is 5.98. The number of rotatable bonds is 8. The Labute approximate surface area is 269 Å². The minimum Gasteiger partial charge on any atom is -0.488 e. The fourth-order valence-corrected chi connectivity index (χ4v) is 6.73. The van der Waals surface area contributed by atoms with Gasteiger partial charge in [0.2, 0.25) is 0 Å². The fraction of sp³-hybridized carbons (Fsp3) is 0.444. The molecule has 3 fully saturated rings. The van der Waals surface area contributed by atoms with E-state index in [1.54, 1.807) is 29.2 Å². The van der Waals surface area contributed by atoms with E-state index in [2.05, 4.69) is 29.4 Å². The van der Waals surface area contributed by atoms with Crippen LogP contribution in [0.5, 0.6) is 5.75 Å². The predicted molar refractivity (Wildman–Crippen MR) is 175 cm³/mol. The second-order valence-corrected chi connectivity index (χ2v) is 12.9. The normalized spacial score (nSPS) is 20.3. The van der Waals surface area contributed by atoms with Crippen LogP contribution >= 0.6 is 0 Å². The molecule has 0 saturated carbocycles. The molecule has 2 atom stereocenters. The number of ether oxygens (including phenoxy) is 1. The lowest BCUT2D eigenvalue weighted by Crippen LogP contribution is -2.57. The summed E-state index contributed by atoms with van der Waals surface area (Å²) in [7, 11) is 0. The quantitative estimate of drug-likeness (QED) is 0.372. The summed E-state index contributed by atoms with van der Waals surface area (Å²) in [6.45, 7) is 10.0. The van der Waals surface area contributed by atoms with E-state index in [9.17, 15) is 18.4 Å². The lowest BCUT2D eigenvalue weighted by Gasteiger charge is -2.42. The number of anilines is 1. The van der Waals surface area contributed by atoms with Crippen molar-refractivity contribution in [2.45, 2.75) is 38.8 Å². The van der Waals surface area contributed by atoms with Gasteiger partial charge in [0, 0.05) is 80.8 Å². The molecule has 3 heterocycles. The SMILES string of the molecule is CC(C)C[C@H]1CN(C(=O)c2cc(F)cc(N3CCNCC3)c2)CCN1C(=O)c1ccc(O[C@H]2CCNC2)c(-c2ccc(F)cc2)c1. The summed E-state index contributed by atoms with van der Waals surface area (Å²) in [5.41, 5.74) is 3.05. The summed E-state index contributed by atoms with van der Waals surface area (Å²) in [6, 6.07) is 16.1. The molecule has 244 valence electrons. The Morgan fingerprint density at radius 2 is 1.63 bits per heavy atom. The molecule has 6 rings (SSSR count). The fourth-order valence-electron chi connectivity index (χ4n) is 6.73. The zero-order valence-electron chi connectivity index (χ0n) is 26.6. The van der Waals surface area contributed by atoms with Gasteiger partial charge in [-0.05, 0) is 79.4 Å². The van der Waals surface area contributed by atoms with E-state index < -0.39 is 5.82 Å². The summed E-state index contributed by atoms with van der Waals surface area (Å²) >= 11 is 0. The number of amides is 2. The van der Waals surface area contributed by atoms with Crippen molar-refractivity contribution in [1.29, 1.82) is 0 Å². The van der Waals surface area contributed by atoms with Gasteiger partial charge in [-0.25, -0.2) is 8.78 Å². The van der Waals surface area contributed by atoms with E-state index in [-0.39, 0.29) is 35.7 Å². The molecule has 0 unspecified atom stereocenters. The lowest BCUT2D eigenvalue weighted by atomic mass is 9.97. The number of hydrogen-bond acceptors (Lipinski definition) is 6. The number of carbonyl (C=O) groups excluding carboxylic acids is 2. The molecule has 0 aliphatic carbocycles. The molecule has 3 aromatic rings. The highest BCUT2D eigenvalue weighted by Gasteiger charge is 2.34. The van der Waals surface area contributed by atoms with Crippen LogP contribution < -0.4 is 20.3 Å². The average Bonchev–Trinajstić information content (AvgIpc) is 3.58. The standard InChI is InChI=1S/C36H43F2N5O3/c1-24(2)17-31-23-42(35(44)27-18-29(38)21-30(19-27)41-13-11-39-12-14-41)15-16-43(31)36(45)26-5-8-34(46-32-9-10-40-22-32)33(20-26)25-3-6-28(37)7-4-25/h3-8,18-21,24,31-32,39-40H,9-17,22-23H2,1-2H3/t31-,32-/m0/s1. The molecule has 2 N–H and O–H groups in total. The van der Waals surface area contributed by atoms with Crippen LogP contribution in [-0.4, -0.2) is 92.7 Å². The Balaban J connectivity index is 1.23. The number of hydrogen-bond donors (Lipinski definition) is 2. The molecular formula is C36H43F2N5O3. The van der Waals surface area contributed by atoms with Gasteiger partial charge in [0.25, 0.3) is 11.8 Å². The van der Waals surface area contributed by atoms with Crippen molar-refractivity contribution in [3.63, 3.8) is 0 Å². The van der Waals surface area contributed by atoms with Gasteiger partial charge in [-0.3, -0.25) is 9.59 Å². The van der Waals surface area contributed by atoms with Crippen LogP contribution in [0.25, 0.3) is 11.1 Å². The van der Waals surface area contributed by atoms with Crippen LogP contribution in [0.2, 0.25) is 0 Å². The molecule has 0 bridgehead atoms. The topological polar surface area (TPSA) is 77.2 Å². The van der Waals surface area contributed by atoms with Gasteiger partial charge in [-0.1, -0.05) is 26.0 Å². The molecule has 3 aromatic carbocycles. The highest BCUT2D eigenvalue weighted by atomic mass is 19.1. The van der Waals surface area contributed by atoms with Gasteiger partial charge in [0.05, 0.1) is 0 Å². The van der Waals surface area contributed by atoms with E-state index in [0.29, 0.717) is 48.6 Å². The van der Waals surface area contributed by atoms with Crippen LogP contribution in [0.4, 0.5) is 14.5 Å². The van der Waals surface area contributed by atoms with Crippen LogP contribution in [0, 0.1) is 17.6 Å². The van der Waals surface area contributed by atoms with Gasteiger partial charge in [-0.2, -0.15) is 0 Å². The van der Waals surface area contributed by atoms with E-state index in [1.165, 1.54) is 24.3 Å². The Kier molecular flexibility index (Phi) is 9.84. The third kappa shape index (κ3) is 7.34. The first kappa shape index (κ1) is 31.9. The van der Waals surface area contributed by atoms with Crippen molar-refractivity contribution >= 4 is 17.5 Å². The largest absolute Gasteiger partial charge is 0.488 e. The zero-order chi connectivity index (χ0) is 32.2. The number of halogens is 2. The first-order chi connectivity index (χ1) is 22.2. The van der Waals surface area contributed by atoms with Crippen molar-refractivity contribution in [3.8, 4) is 16.9 Å². The lowest BCUT2D eigenvalue weighted by molar-refractivity contribution is 0.0351. The molecule has 10 heteroatoms. The van der Waals surface area contributed by atoms with E-state index in [4.69, 9.17) is 4.74 Å². The van der Waals surface area contributed by atoms with Gasteiger partial charge < -0.3 is 30.1 Å². The zero-order valence-corrected chi connectivity index (χ0v) is 26.6. The second-order valence-electron chi connectivity index (χ2n) is 12.9. The summed E-state index contributed by atoms with van der Waals surface area (Å²) in [5.74, 6) is -0.169. The third-order valence-corrected chi connectivity index (χ3v) is 9.08. The summed E-state index contributed by atoms with van der Waals surface area (Å²) < 4.78 is 34.9. The molecule has 0 aromatic heterocycles. The van der Waals surface area contributed by atoms with Crippen molar-refractivity contribution < 1.29 is 23.1 Å². The molecule has 0 radical (unpaired) electrons. The summed E-state index contributed by atoms with van der Waals surface area (Å²) in [6.07, 6.45) is 1.62. The van der Waals surface area contributed by atoms with Crippen LogP contribution in [0.1, 0.15) is 47.4 Å². The molecule has 2 amide bonds. The Morgan fingerprint density at radius 3 is 2.35 bits per heavy atom. The smallest absolute Gasteiger partial charge is 0.254 e. The molecule has 3 aliphatic heterocycles. The number of piperazine rings is 2. The summed E-state index contributed by atoms with van der Waals surface area (Å²) in [5, 5.41) is 6.61. The minimum atomic E-state index is -0.430. The number of nitrogens with zero attached hydrogens (tertiary/aromatic N) is 3. The first-order valence-corrected chi connectivity index (χ1v) is 16.4. The number of nitrogens with one attached hydrogen (secondary N) is 2. The van der Waals surface area contributed by atoms with Crippen LogP contribution in [0.15, 0.2) is 60.7 Å². The molecule has 3 saturated heterocycles. The maximum Gasteiger partial charge on any atom is 0.254 e. The van der Waals surface area contributed by atoms with Crippen molar-refractivity contribution in [1.82, 2.24) is 20.4 Å². The first-order valence-electron chi connectivity index (χ1n) is 16.4. The van der Waals surface area contributed by atoms with E-state index >= 15 is 0 Å². The van der Waals surface area contributed by atoms with Gasteiger partial charge in [0.1, 0.15) is 23.5 Å². The minimum absolute atomic E-state index is 0.0211. The highest BCUT2D eigenvalue weighted by Crippen LogP contribution is 2.34.